The molecule has 1 saturated carbocycles. The fourth-order valence-electron chi connectivity index (χ4n) is 4.52. The van der Waals surface area contributed by atoms with Crippen molar-refractivity contribution in [1.29, 1.82) is 0 Å². The number of carbonyl (C=O) groups is 3. The Morgan fingerprint density at radius 2 is 1.91 bits per heavy atom. The van der Waals surface area contributed by atoms with Crippen molar-refractivity contribution >= 4 is 29.2 Å². The van der Waals surface area contributed by atoms with Crippen molar-refractivity contribution in [3.8, 4) is 0 Å². The largest absolute Gasteiger partial charge is 0.352 e. The Kier molecular flexibility index (Phi) is 6.21. The molecule has 1 N–H and O–H groups in total. The summed E-state index contributed by atoms with van der Waals surface area (Å²) in [6.07, 6.45) is 11.9. The van der Waals surface area contributed by atoms with E-state index in [4.69, 9.17) is 0 Å². The topological polar surface area (TPSA) is 82.1 Å². The van der Waals surface area contributed by atoms with Crippen molar-refractivity contribution in [2.75, 3.05) is 11.4 Å². The first-order valence-electron chi connectivity index (χ1n) is 11.0. The minimum absolute atomic E-state index is 0.0992. The lowest BCUT2D eigenvalue weighted by molar-refractivity contribution is -0.133. The summed E-state index contributed by atoms with van der Waals surface area (Å²) in [4.78, 5) is 46.1. The van der Waals surface area contributed by atoms with E-state index in [9.17, 15) is 18.8 Å². The number of amidine groups is 1. The Labute approximate surface area is 186 Å². The number of rotatable bonds is 5. The van der Waals surface area contributed by atoms with Crippen LogP contribution in [0.25, 0.3) is 0 Å². The summed E-state index contributed by atoms with van der Waals surface area (Å²) in [6.45, 7) is 1.45. The fraction of sp³-hybridized carbons (Fsp3) is 0.417. The van der Waals surface area contributed by atoms with Crippen LogP contribution in [0.4, 0.5) is 10.1 Å². The monoisotopic (exact) mass is 438 g/mol. The van der Waals surface area contributed by atoms with Crippen molar-refractivity contribution in [3.63, 3.8) is 0 Å². The molecule has 0 spiro atoms. The standard InChI is InChI=1S/C24H27FN4O3/c1-24(15-21(30)27-20-9-5-6-14-29(20)24)23(32)28(19-12-10-17(25)11-13-19)16-22(31)26-18-7-3-2-4-8-18/h5-6,9-14,18H,2-4,7-8,15-16H2,1H3,(H,26,31). The Hall–Kier alpha value is -3.29. The molecule has 0 saturated heterocycles. The van der Waals surface area contributed by atoms with E-state index >= 15 is 0 Å². The molecule has 4 rings (SSSR count). The number of hydrogen-bond donors (Lipinski definition) is 1. The van der Waals surface area contributed by atoms with Gasteiger partial charge in [0.05, 0.1) is 6.42 Å². The quantitative estimate of drug-likeness (QED) is 0.766. The van der Waals surface area contributed by atoms with Gasteiger partial charge in [-0.05, 0) is 56.2 Å². The predicted octanol–water partition coefficient (Wildman–Crippen LogP) is 3.08. The van der Waals surface area contributed by atoms with Crippen molar-refractivity contribution in [3.05, 3.63) is 54.5 Å². The zero-order valence-electron chi connectivity index (χ0n) is 18.1. The SMILES string of the molecule is CC1(C(=O)N(CC(=O)NC2CCCCC2)c2ccc(F)cc2)CC(=O)N=C2C=CC=CN21. The van der Waals surface area contributed by atoms with Crippen molar-refractivity contribution in [1.82, 2.24) is 10.2 Å². The number of allylic oxidation sites excluding steroid dienone is 2. The summed E-state index contributed by atoms with van der Waals surface area (Å²) in [5.41, 5.74) is -0.876. The van der Waals surface area contributed by atoms with Crippen LogP contribution in [0.3, 0.4) is 0 Å². The smallest absolute Gasteiger partial charge is 0.254 e. The Balaban J connectivity index is 1.62. The highest BCUT2D eigenvalue weighted by Crippen LogP contribution is 2.31. The minimum Gasteiger partial charge on any atom is -0.352 e. The lowest BCUT2D eigenvalue weighted by Gasteiger charge is -2.44. The predicted molar refractivity (Wildman–Crippen MR) is 119 cm³/mol. The van der Waals surface area contributed by atoms with Gasteiger partial charge >= 0.3 is 0 Å². The third-order valence-electron chi connectivity index (χ3n) is 6.22. The molecule has 1 aliphatic carbocycles. The molecule has 0 bridgehead atoms. The molecule has 1 aromatic carbocycles. The number of fused-ring (bicyclic) bond motifs is 1. The molecule has 1 aromatic rings. The Bertz CT molecular complexity index is 995. The molecular weight excluding hydrogens is 411 g/mol. The Morgan fingerprint density at radius 1 is 1.19 bits per heavy atom. The highest BCUT2D eigenvalue weighted by Gasteiger charge is 2.47. The normalized spacial score (nSPS) is 22.9. The van der Waals surface area contributed by atoms with Gasteiger partial charge in [-0.3, -0.25) is 14.4 Å². The van der Waals surface area contributed by atoms with E-state index in [0.717, 1.165) is 25.7 Å². The lowest BCUT2D eigenvalue weighted by Crippen LogP contribution is -2.62. The van der Waals surface area contributed by atoms with Crippen molar-refractivity contribution in [2.45, 2.75) is 57.0 Å². The molecule has 0 aromatic heterocycles. The van der Waals surface area contributed by atoms with Crippen LogP contribution in [0.1, 0.15) is 45.4 Å². The molecule has 1 atom stereocenters. The first kappa shape index (κ1) is 21.9. The van der Waals surface area contributed by atoms with Crippen LogP contribution in [0.2, 0.25) is 0 Å². The van der Waals surface area contributed by atoms with E-state index in [-0.39, 0.29) is 24.9 Å². The number of anilines is 1. The van der Waals surface area contributed by atoms with Crippen LogP contribution in [0, 0.1) is 5.82 Å². The van der Waals surface area contributed by atoms with Crippen LogP contribution in [-0.4, -0.2) is 46.6 Å². The summed E-state index contributed by atoms with van der Waals surface area (Å²) in [7, 11) is 0. The van der Waals surface area contributed by atoms with Gasteiger partial charge < -0.3 is 15.1 Å². The second kappa shape index (κ2) is 9.06. The number of hydrogen-bond acceptors (Lipinski definition) is 4. The molecule has 3 amide bonds. The number of nitrogens with one attached hydrogen (secondary N) is 1. The molecule has 1 unspecified atom stereocenters. The molecule has 2 heterocycles. The zero-order chi connectivity index (χ0) is 22.7. The van der Waals surface area contributed by atoms with E-state index < -0.39 is 23.2 Å². The van der Waals surface area contributed by atoms with Crippen LogP contribution in [0.15, 0.2) is 53.7 Å². The van der Waals surface area contributed by atoms with E-state index in [1.165, 1.54) is 35.6 Å². The first-order valence-corrected chi connectivity index (χ1v) is 11.0. The maximum Gasteiger partial charge on any atom is 0.254 e. The van der Waals surface area contributed by atoms with Gasteiger partial charge in [-0.25, -0.2) is 4.39 Å². The molecule has 7 nitrogen and oxygen atoms in total. The number of carbonyl (C=O) groups excluding carboxylic acids is 3. The van der Waals surface area contributed by atoms with Crippen LogP contribution >= 0.6 is 0 Å². The van der Waals surface area contributed by atoms with E-state index in [2.05, 4.69) is 10.3 Å². The second-order valence-electron chi connectivity index (χ2n) is 8.66. The third-order valence-corrected chi connectivity index (χ3v) is 6.22. The number of benzene rings is 1. The highest BCUT2D eigenvalue weighted by atomic mass is 19.1. The van der Waals surface area contributed by atoms with Gasteiger partial charge in [-0.2, -0.15) is 4.99 Å². The van der Waals surface area contributed by atoms with Crippen molar-refractivity contribution in [2.24, 2.45) is 4.99 Å². The molecule has 8 heteroatoms. The van der Waals surface area contributed by atoms with Gasteiger partial charge in [0, 0.05) is 17.9 Å². The van der Waals surface area contributed by atoms with Gasteiger partial charge in [0.25, 0.3) is 11.8 Å². The lowest BCUT2D eigenvalue weighted by atomic mass is 9.90. The van der Waals surface area contributed by atoms with Crippen molar-refractivity contribution < 1.29 is 18.8 Å². The summed E-state index contributed by atoms with van der Waals surface area (Å²) in [6, 6.07) is 5.53. The molecule has 32 heavy (non-hydrogen) atoms. The number of aliphatic imine (C=N–C) groups is 1. The summed E-state index contributed by atoms with van der Waals surface area (Å²) >= 11 is 0. The molecular formula is C24H27FN4O3. The van der Waals surface area contributed by atoms with Gasteiger partial charge in [0.15, 0.2) is 0 Å². The molecule has 3 aliphatic rings. The van der Waals surface area contributed by atoms with Gasteiger partial charge in [0.1, 0.15) is 23.7 Å². The van der Waals surface area contributed by atoms with Gasteiger partial charge in [-0.15, -0.1) is 0 Å². The van der Waals surface area contributed by atoms with Gasteiger partial charge in [0.2, 0.25) is 5.91 Å². The Morgan fingerprint density at radius 3 is 2.62 bits per heavy atom. The number of halogens is 1. The van der Waals surface area contributed by atoms with Crippen LogP contribution in [0.5, 0.6) is 0 Å². The van der Waals surface area contributed by atoms with Crippen LogP contribution in [-0.2, 0) is 14.4 Å². The summed E-state index contributed by atoms with van der Waals surface area (Å²) < 4.78 is 13.6. The van der Waals surface area contributed by atoms with E-state index in [0.29, 0.717) is 11.5 Å². The molecule has 2 aliphatic heterocycles. The number of nitrogens with zero attached hydrogens (tertiary/aromatic N) is 3. The molecule has 1 fully saturated rings. The maximum atomic E-state index is 13.9. The number of amides is 3. The molecule has 0 radical (unpaired) electrons. The fourth-order valence-corrected chi connectivity index (χ4v) is 4.52. The van der Waals surface area contributed by atoms with E-state index in [1.807, 2.05) is 0 Å². The van der Waals surface area contributed by atoms with Gasteiger partial charge in [-0.1, -0.05) is 25.3 Å². The highest BCUT2D eigenvalue weighted by molar-refractivity contribution is 6.13. The average Bonchev–Trinajstić information content (AvgIpc) is 2.78. The third kappa shape index (κ3) is 4.49. The first-order chi connectivity index (χ1) is 15.4. The van der Waals surface area contributed by atoms with Crippen LogP contribution < -0.4 is 10.2 Å². The maximum absolute atomic E-state index is 13.9. The van der Waals surface area contributed by atoms with E-state index in [1.54, 1.807) is 36.3 Å². The summed E-state index contributed by atoms with van der Waals surface area (Å²) in [5, 5.41) is 3.03. The molecule has 168 valence electrons. The summed E-state index contributed by atoms with van der Waals surface area (Å²) in [5.74, 6) is -1.17. The zero-order valence-corrected chi connectivity index (χ0v) is 18.1. The average molecular weight is 439 g/mol. The second-order valence-corrected chi connectivity index (χ2v) is 8.66. The minimum atomic E-state index is -1.27.